The number of halogens is 1. The van der Waals surface area contributed by atoms with Crippen LogP contribution in [0, 0.1) is 5.82 Å². The van der Waals surface area contributed by atoms with Crippen molar-refractivity contribution in [1.29, 1.82) is 0 Å². The van der Waals surface area contributed by atoms with Crippen LogP contribution in [0.1, 0.15) is 35.7 Å². The fraction of sp³-hybridized carbons (Fsp3) is 0.381. The molecule has 0 amide bonds. The van der Waals surface area contributed by atoms with E-state index >= 15 is 0 Å². The van der Waals surface area contributed by atoms with Gasteiger partial charge in [0.1, 0.15) is 15.7 Å². The van der Waals surface area contributed by atoms with E-state index in [9.17, 15) is 26.0 Å². The lowest BCUT2D eigenvalue weighted by atomic mass is 9.72. The van der Waals surface area contributed by atoms with E-state index in [-0.39, 0.29) is 34.8 Å². The first kappa shape index (κ1) is 21.8. The number of sulfonamides is 1. The zero-order valence-corrected chi connectivity index (χ0v) is 18.7. The number of ether oxygens (including phenoxy) is 1. The molecule has 2 aliphatic heterocycles. The maximum Gasteiger partial charge on any atom is 0.337 e. The second kappa shape index (κ2) is 7.30. The molecule has 2 aliphatic rings. The van der Waals surface area contributed by atoms with Gasteiger partial charge in [-0.15, -0.1) is 0 Å². The van der Waals surface area contributed by atoms with Crippen molar-refractivity contribution in [3.8, 4) is 0 Å². The molecule has 4 rings (SSSR count). The zero-order valence-electron chi connectivity index (χ0n) is 17.0. The molecule has 0 radical (unpaired) electrons. The van der Waals surface area contributed by atoms with Crippen molar-refractivity contribution in [1.82, 2.24) is 0 Å². The van der Waals surface area contributed by atoms with Gasteiger partial charge in [0.2, 0.25) is 0 Å². The number of benzene rings is 2. The number of hydrogen-bond acceptors (Lipinski definition) is 6. The maximum atomic E-state index is 13.5. The minimum Gasteiger partial charge on any atom is -0.465 e. The molecule has 2 aromatic carbocycles. The Hall–Kier alpha value is -2.46. The molecule has 1 atom stereocenters. The summed E-state index contributed by atoms with van der Waals surface area (Å²) in [5.41, 5.74) is 0.507. The SMILES string of the molecule is COC(=O)c1ccc2c(c1)C1(CCS(=O)(=O)CC1)C(C)N2S(=O)(=O)c1ccc(F)cc1. The highest BCUT2D eigenvalue weighted by Gasteiger charge is 2.54. The summed E-state index contributed by atoms with van der Waals surface area (Å²) in [7, 11) is -6.02. The van der Waals surface area contributed by atoms with Gasteiger partial charge >= 0.3 is 5.97 Å². The third kappa shape index (κ3) is 3.41. The molecule has 0 saturated carbocycles. The van der Waals surface area contributed by atoms with Crippen molar-refractivity contribution < 1.29 is 30.8 Å². The van der Waals surface area contributed by atoms with Gasteiger partial charge in [-0.2, -0.15) is 0 Å². The van der Waals surface area contributed by atoms with E-state index in [1.165, 1.54) is 29.6 Å². The van der Waals surface area contributed by atoms with Crippen molar-refractivity contribution in [3.63, 3.8) is 0 Å². The van der Waals surface area contributed by atoms with E-state index in [2.05, 4.69) is 0 Å². The van der Waals surface area contributed by atoms with Gasteiger partial charge in [0.05, 0.1) is 40.8 Å². The molecule has 2 aromatic rings. The van der Waals surface area contributed by atoms with Crippen molar-refractivity contribution in [2.75, 3.05) is 22.9 Å². The molecule has 1 unspecified atom stereocenters. The van der Waals surface area contributed by atoms with Gasteiger partial charge < -0.3 is 4.74 Å². The highest BCUT2D eigenvalue weighted by molar-refractivity contribution is 7.93. The topological polar surface area (TPSA) is 97.8 Å². The molecular formula is C21H22FNO6S2. The Labute approximate surface area is 180 Å². The number of sulfone groups is 1. The van der Waals surface area contributed by atoms with E-state index in [4.69, 9.17) is 4.74 Å². The first-order valence-electron chi connectivity index (χ1n) is 9.75. The molecule has 0 bridgehead atoms. The van der Waals surface area contributed by atoms with Gasteiger partial charge in [-0.3, -0.25) is 4.31 Å². The molecule has 1 saturated heterocycles. The smallest absolute Gasteiger partial charge is 0.337 e. The second-order valence-corrected chi connectivity index (χ2v) is 12.1. The fourth-order valence-corrected chi connectivity index (χ4v) is 7.98. The highest BCUT2D eigenvalue weighted by atomic mass is 32.2. The number of rotatable bonds is 3. The number of methoxy groups -OCH3 is 1. The van der Waals surface area contributed by atoms with Crippen LogP contribution in [-0.4, -0.2) is 47.5 Å². The third-order valence-electron chi connectivity index (χ3n) is 6.43. The second-order valence-electron chi connectivity index (χ2n) is 7.96. The Morgan fingerprint density at radius 2 is 1.74 bits per heavy atom. The van der Waals surface area contributed by atoms with E-state index < -0.39 is 43.1 Å². The Morgan fingerprint density at radius 1 is 1.13 bits per heavy atom. The van der Waals surface area contributed by atoms with Crippen LogP contribution in [0.4, 0.5) is 10.1 Å². The number of hydrogen-bond donors (Lipinski definition) is 0. The summed E-state index contributed by atoms with van der Waals surface area (Å²) in [6.07, 6.45) is 0.479. The van der Waals surface area contributed by atoms with Crippen LogP contribution in [-0.2, 0) is 30.0 Å². The maximum absolute atomic E-state index is 13.5. The van der Waals surface area contributed by atoms with Crippen LogP contribution in [0.3, 0.4) is 0 Å². The Balaban J connectivity index is 1.90. The van der Waals surface area contributed by atoms with E-state index in [0.29, 0.717) is 11.3 Å². The molecule has 0 N–H and O–H groups in total. The number of esters is 1. The fourth-order valence-electron chi connectivity index (χ4n) is 4.68. The van der Waals surface area contributed by atoms with Gasteiger partial charge in [-0.05, 0) is 67.8 Å². The van der Waals surface area contributed by atoms with Gasteiger partial charge in [-0.1, -0.05) is 0 Å². The molecule has 1 fully saturated rings. The number of carbonyl (C=O) groups excluding carboxylic acids is 1. The number of carbonyl (C=O) groups is 1. The predicted octanol–water partition coefficient (Wildman–Crippen LogP) is 2.66. The van der Waals surface area contributed by atoms with Gasteiger partial charge in [0, 0.05) is 5.41 Å². The molecular weight excluding hydrogens is 445 g/mol. The van der Waals surface area contributed by atoms with Crippen molar-refractivity contribution >= 4 is 31.5 Å². The van der Waals surface area contributed by atoms with Crippen LogP contribution in [0.2, 0.25) is 0 Å². The van der Waals surface area contributed by atoms with Gasteiger partial charge in [-0.25, -0.2) is 26.0 Å². The molecule has 2 heterocycles. The Morgan fingerprint density at radius 3 is 2.32 bits per heavy atom. The van der Waals surface area contributed by atoms with E-state index in [1.807, 2.05) is 0 Å². The predicted molar refractivity (Wildman–Crippen MR) is 113 cm³/mol. The third-order valence-corrected chi connectivity index (χ3v) is 9.98. The molecule has 0 aliphatic carbocycles. The van der Waals surface area contributed by atoms with Crippen LogP contribution in [0.15, 0.2) is 47.4 Å². The largest absolute Gasteiger partial charge is 0.465 e. The quantitative estimate of drug-likeness (QED) is 0.644. The van der Waals surface area contributed by atoms with Crippen LogP contribution in [0.5, 0.6) is 0 Å². The molecule has 166 valence electrons. The molecule has 10 heteroatoms. The minimum absolute atomic E-state index is 0.0655. The lowest BCUT2D eigenvalue weighted by molar-refractivity contribution is 0.0600. The average molecular weight is 468 g/mol. The minimum atomic E-state index is -4.06. The first-order valence-corrected chi connectivity index (χ1v) is 13.0. The highest BCUT2D eigenvalue weighted by Crippen LogP contribution is 2.53. The van der Waals surface area contributed by atoms with Crippen LogP contribution < -0.4 is 4.31 Å². The van der Waals surface area contributed by atoms with E-state index in [0.717, 1.165) is 12.1 Å². The summed E-state index contributed by atoms with van der Waals surface area (Å²) in [5.74, 6) is -1.24. The summed E-state index contributed by atoms with van der Waals surface area (Å²) in [4.78, 5) is 12.0. The van der Waals surface area contributed by atoms with Crippen molar-refractivity contribution in [2.45, 2.75) is 36.1 Å². The number of nitrogens with zero attached hydrogens (tertiary/aromatic N) is 1. The van der Waals surface area contributed by atoms with Gasteiger partial charge in [0.15, 0.2) is 0 Å². The molecule has 0 aromatic heterocycles. The zero-order chi connectivity index (χ0) is 22.6. The summed E-state index contributed by atoms with van der Waals surface area (Å²) in [5, 5.41) is 0. The molecule has 1 spiro atoms. The monoisotopic (exact) mass is 467 g/mol. The van der Waals surface area contributed by atoms with Crippen LogP contribution in [0.25, 0.3) is 0 Å². The molecule has 7 nitrogen and oxygen atoms in total. The number of fused-ring (bicyclic) bond motifs is 2. The Kier molecular flexibility index (Phi) is 5.13. The lowest BCUT2D eigenvalue weighted by Gasteiger charge is -2.39. The molecule has 31 heavy (non-hydrogen) atoms. The van der Waals surface area contributed by atoms with Crippen molar-refractivity contribution in [2.24, 2.45) is 0 Å². The Bertz CT molecular complexity index is 1240. The summed E-state index contributed by atoms with van der Waals surface area (Å²) in [6, 6.07) is 8.62. The first-order chi connectivity index (χ1) is 14.5. The van der Waals surface area contributed by atoms with Crippen LogP contribution >= 0.6 is 0 Å². The summed E-state index contributed by atoms with van der Waals surface area (Å²) < 4.78 is 70.8. The summed E-state index contributed by atoms with van der Waals surface area (Å²) >= 11 is 0. The lowest BCUT2D eigenvalue weighted by Crippen LogP contribution is -2.49. The normalized spacial score (nSPS) is 21.6. The number of anilines is 1. The standard InChI is InChI=1S/C21H22FNO6S2/c1-14-21(9-11-30(25,26)12-10-21)18-13-15(20(24)29-2)3-8-19(18)23(14)31(27,28)17-6-4-16(22)5-7-17/h3-8,13-14H,9-12H2,1-2H3. The van der Waals surface area contributed by atoms with Crippen molar-refractivity contribution in [3.05, 3.63) is 59.4 Å². The summed E-state index contributed by atoms with van der Waals surface area (Å²) in [6.45, 7) is 1.75. The van der Waals surface area contributed by atoms with E-state index in [1.54, 1.807) is 19.1 Å². The average Bonchev–Trinajstić information content (AvgIpc) is 2.98. The van der Waals surface area contributed by atoms with Gasteiger partial charge in [0.25, 0.3) is 10.0 Å².